The highest BCUT2D eigenvalue weighted by molar-refractivity contribution is 5.46. The Bertz CT molecular complexity index is 766. The van der Waals surface area contributed by atoms with Gasteiger partial charge in [0.2, 0.25) is 6.79 Å². The Balaban J connectivity index is 1.38. The molecule has 0 spiro atoms. The molecule has 2 aliphatic heterocycles. The summed E-state index contributed by atoms with van der Waals surface area (Å²) >= 11 is 0. The van der Waals surface area contributed by atoms with Crippen LogP contribution >= 0.6 is 0 Å². The molecule has 2 aliphatic rings. The van der Waals surface area contributed by atoms with Crippen molar-refractivity contribution in [3.8, 4) is 11.5 Å². The highest BCUT2D eigenvalue weighted by atomic mass is 16.7. The van der Waals surface area contributed by atoms with Crippen LogP contribution in [0.15, 0.2) is 42.5 Å². The van der Waals surface area contributed by atoms with E-state index < -0.39 is 11.7 Å². The Kier molecular flexibility index (Phi) is 4.61. The second-order valence-electron chi connectivity index (χ2n) is 7.33. The number of likely N-dealkylation sites (tertiary alicyclic amines) is 1. The molecule has 26 heavy (non-hydrogen) atoms. The zero-order chi connectivity index (χ0) is 18.1. The first-order valence-electron chi connectivity index (χ1n) is 9.13. The lowest BCUT2D eigenvalue weighted by molar-refractivity contribution is -0.0345. The third-order valence-electron chi connectivity index (χ3n) is 5.49. The maximum atomic E-state index is 11.1. The van der Waals surface area contributed by atoms with E-state index >= 15 is 0 Å². The van der Waals surface area contributed by atoms with Gasteiger partial charge in [-0.25, -0.2) is 0 Å². The van der Waals surface area contributed by atoms with Crippen molar-refractivity contribution in [3.05, 3.63) is 59.2 Å². The molecule has 0 bridgehead atoms. The lowest BCUT2D eigenvalue weighted by Gasteiger charge is -2.39. The zero-order valence-corrected chi connectivity index (χ0v) is 15.0. The van der Waals surface area contributed by atoms with Crippen LogP contribution in [-0.4, -0.2) is 41.5 Å². The number of hydrogen-bond acceptors (Lipinski definition) is 5. The molecule has 0 unspecified atom stereocenters. The monoisotopic (exact) mass is 355 g/mol. The molecule has 0 aromatic heterocycles. The van der Waals surface area contributed by atoms with E-state index in [-0.39, 0.29) is 6.79 Å². The molecule has 5 nitrogen and oxygen atoms in total. The number of aliphatic hydroxyl groups is 2. The van der Waals surface area contributed by atoms with Gasteiger partial charge in [-0.15, -0.1) is 0 Å². The van der Waals surface area contributed by atoms with Crippen molar-refractivity contribution >= 4 is 0 Å². The van der Waals surface area contributed by atoms with Gasteiger partial charge in [-0.2, -0.15) is 0 Å². The fourth-order valence-corrected chi connectivity index (χ4v) is 3.72. The first-order valence-corrected chi connectivity index (χ1v) is 9.13. The number of fused-ring (bicyclic) bond motifs is 1. The lowest BCUT2D eigenvalue weighted by atomic mass is 9.84. The number of hydrogen-bond donors (Lipinski definition) is 2. The van der Waals surface area contributed by atoms with Gasteiger partial charge in [0.15, 0.2) is 11.5 Å². The van der Waals surface area contributed by atoms with Crippen LogP contribution in [0.4, 0.5) is 0 Å². The van der Waals surface area contributed by atoms with Crippen molar-refractivity contribution in [1.82, 2.24) is 4.90 Å². The highest BCUT2D eigenvalue weighted by Crippen LogP contribution is 2.39. The Morgan fingerprint density at radius 2 is 1.73 bits per heavy atom. The second kappa shape index (κ2) is 6.91. The molecule has 2 heterocycles. The van der Waals surface area contributed by atoms with Crippen LogP contribution in [-0.2, 0) is 5.60 Å². The van der Waals surface area contributed by atoms with Gasteiger partial charge >= 0.3 is 0 Å². The molecule has 2 aromatic rings. The number of rotatable bonds is 4. The van der Waals surface area contributed by atoms with E-state index in [9.17, 15) is 10.2 Å². The predicted octanol–water partition coefficient (Wildman–Crippen LogP) is 2.74. The SMILES string of the molecule is Cc1ccc([C@H](O)CN2CCC(O)(c3ccc4c(c3)OCO4)CC2)cc1. The van der Waals surface area contributed by atoms with E-state index in [0.29, 0.717) is 25.1 Å². The van der Waals surface area contributed by atoms with Crippen molar-refractivity contribution in [2.75, 3.05) is 26.4 Å². The van der Waals surface area contributed by atoms with Crippen molar-refractivity contribution in [1.29, 1.82) is 0 Å². The molecule has 0 radical (unpaired) electrons. The Hall–Kier alpha value is -2.08. The van der Waals surface area contributed by atoms with Gasteiger partial charge in [0, 0.05) is 19.6 Å². The Morgan fingerprint density at radius 1 is 1.04 bits per heavy atom. The average molecular weight is 355 g/mol. The van der Waals surface area contributed by atoms with Crippen molar-refractivity contribution < 1.29 is 19.7 Å². The molecular weight excluding hydrogens is 330 g/mol. The first kappa shape index (κ1) is 17.3. The predicted molar refractivity (Wildman–Crippen MR) is 98.3 cm³/mol. The molecule has 5 heteroatoms. The average Bonchev–Trinajstić information content (AvgIpc) is 3.12. The number of ether oxygens (including phenoxy) is 2. The summed E-state index contributed by atoms with van der Waals surface area (Å²) in [6, 6.07) is 13.7. The van der Waals surface area contributed by atoms with Gasteiger partial charge < -0.3 is 24.6 Å². The zero-order valence-electron chi connectivity index (χ0n) is 15.0. The number of aryl methyl sites for hydroxylation is 1. The van der Waals surface area contributed by atoms with Gasteiger partial charge in [0.05, 0.1) is 11.7 Å². The number of benzene rings is 2. The second-order valence-corrected chi connectivity index (χ2v) is 7.33. The molecule has 2 aromatic carbocycles. The minimum absolute atomic E-state index is 0.238. The van der Waals surface area contributed by atoms with Crippen LogP contribution in [0.5, 0.6) is 11.5 Å². The third kappa shape index (κ3) is 3.43. The topological polar surface area (TPSA) is 62.2 Å². The molecule has 0 aliphatic carbocycles. The fraction of sp³-hybridized carbons (Fsp3) is 0.429. The van der Waals surface area contributed by atoms with E-state index in [4.69, 9.17) is 9.47 Å². The molecule has 1 saturated heterocycles. The van der Waals surface area contributed by atoms with E-state index in [1.807, 2.05) is 49.4 Å². The van der Waals surface area contributed by atoms with Crippen molar-refractivity contribution in [2.24, 2.45) is 0 Å². The van der Waals surface area contributed by atoms with Crippen LogP contribution < -0.4 is 9.47 Å². The van der Waals surface area contributed by atoms with E-state index in [2.05, 4.69) is 4.90 Å². The quantitative estimate of drug-likeness (QED) is 0.883. The van der Waals surface area contributed by atoms with E-state index in [0.717, 1.165) is 30.0 Å². The summed E-state index contributed by atoms with van der Waals surface area (Å²) in [5, 5.41) is 21.6. The van der Waals surface area contributed by atoms with Gasteiger partial charge in [-0.05, 0) is 43.0 Å². The number of aliphatic hydroxyl groups excluding tert-OH is 1. The smallest absolute Gasteiger partial charge is 0.231 e. The van der Waals surface area contributed by atoms with Crippen LogP contribution in [0.2, 0.25) is 0 Å². The molecule has 0 saturated carbocycles. The molecule has 138 valence electrons. The molecule has 4 rings (SSSR count). The van der Waals surface area contributed by atoms with E-state index in [1.165, 1.54) is 5.56 Å². The number of piperidine rings is 1. The summed E-state index contributed by atoms with van der Waals surface area (Å²) in [5.41, 5.74) is 2.15. The summed E-state index contributed by atoms with van der Waals surface area (Å²) < 4.78 is 10.8. The number of β-amino-alcohol motifs (C(OH)–C–C–N with tert-alkyl or cyclic N) is 1. The maximum Gasteiger partial charge on any atom is 0.231 e. The van der Waals surface area contributed by atoms with Gasteiger partial charge in [-0.1, -0.05) is 35.9 Å². The van der Waals surface area contributed by atoms with E-state index in [1.54, 1.807) is 0 Å². The van der Waals surface area contributed by atoms with Crippen molar-refractivity contribution in [3.63, 3.8) is 0 Å². The highest BCUT2D eigenvalue weighted by Gasteiger charge is 2.35. The third-order valence-corrected chi connectivity index (χ3v) is 5.49. The molecule has 1 fully saturated rings. The Morgan fingerprint density at radius 3 is 2.46 bits per heavy atom. The van der Waals surface area contributed by atoms with Crippen LogP contribution in [0.1, 0.15) is 35.6 Å². The fourth-order valence-electron chi connectivity index (χ4n) is 3.72. The summed E-state index contributed by atoms with van der Waals surface area (Å²) in [4.78, 5) is 2.21. The van der Waals surface area contributed by atoms with Crippen molar-refractivity contribution in [2.45, 2.75) is 31.5 Å². The molecular formula is C21H25NO4. The summed E-state index contributed by atoms with van der Waals surface area (Å²) in [6.45, 7) is 4.35. The van der Waals surface area contributed by atoms with Crippen LogP contribution in [0.3, 0.4) is 0 Å². The summed E-state index contributed by atoms with van der Waals surface area (Å²) in [7, 11) is 0. The summed E-state index contributed by atoms with van der Waals surface area (Å²) in [6.07, 6.45) is 0.757. The first-order chi connectivity index (χ1) is 12.5. The molecule has 2 N–H and O–H groups in total. The molecule has 0 amide bonds. The van der Waals surface area contributed by atoms with Crippen LogP contribution in [0, 0.1) is 6.92 Å². The minimum atomic E-state index is -0.855. The van der Waals surface area contributed by atoms with Gasteiger partial charge in [0.25, 0.3) is 0 Å². The lowest BCUT2D eigenvalue weighted by Crippen LogP contribution is -2.43. The van der Waals surface area contributed by atoms with Gasteiger partial charge in [0.1, 0.15) is 0 Å². The van der Waals surface area contributed by atoms with Gasteiger partial charge in [-0.3, -0.25) is 0 Å². The normalized spacial score (nSPS) is 20.1. The standard InChI is InChI=1S/C21H25NO4/c1-15-2-4-16(5-3-15)18(23)13-22-10-8-21(24,9-11-22)17-6-7-19-20(12-17)26-14-25-19/h2-7,12,18,23-24H,8-11,13-14H2,1H3/t18-/m1/s1. The molecule has 1 atom stereocenters. The number of nitrogens with zero attached hydrogens (tertiary/aromatic N) is 1. The maximum absolute atomic E-state index is 11.1. The summed E-state index contributed by atoms with van der Waals surface area (Å²) in [5.74, 6) is 1.43. The largest absolute Gasteiger partial charge is 0.454 e. The Labute approximate surface area is 153 Å². The minimum Gasteiger partial charge on any atom is -0.454 e. The van der Waals surface area contributed by atoms with Crippen LogP contribution in [0.25, 0.3) is 0 Å².